The normalized spacial score (nSPS) is 18.8. The Morgan fingerprint density at radius 1 is 0.723 bits per heavy atom. The van der Waals surface area contributed by atoms with Gasteiger partial charge in [0.2, 0.25) is 5.91 Å². The Hall–Kier alpha value is -2.08. The molecule has 0 aromatic carbocycles. The summed E-state index contributed by atoms with van der Waals surface area (Å²) in [5, 5.41) is 2.94. The highest BCUT2D eigenvalue weighted by Crippen LogP contribution is 2.49. The first kappa shape index (κ1) is 47.0. The molecule has 0 aromatic rings. The van der Waals surface area contributed by atoms with Crippen molar-refractivity contribution in [2.24, 2.45) is 16.7 Å². The van der Waals surface area contributed by atoms with Crippen LogP contribution in [0.3, 0.4) is 0 Å². The number of amides is 1. The molecule has 3 unspecified atom stereocenters. The standard InChI is InChI=1S/C15H27NO2.C15H28O6.C6H14O2/c1-11(17)6-13-7-14(3,4)9-15(5,8-13)10-16-12(2)18;1-18-12-10-13(19-2)7-6-11-21-15(17)9-5-4-8-14(16)20-3;1-7-5-3-4-6-8-2/h13H,6-10H2,1-5H3,(H,16,18);13H,4-12H2,1-3H3;3-6H2,1-2H3. The van der Waals surface area contributed by atoms with Gasteiger partial charge in [0, 0.05) is 81.0 Å². The summed E-state index contributed by atoms with van der Waals surface area (Å²) in [5.74, 6) is 0.308. The molecule has 1 amide bonds. The first-order valence-corrected chi connectivity index (χ1v) is 17.1. The molecule has 0 aromatic heterocycles. The molecule has 0 heterocycles. The fourth-order valence-electron chi connectivity index (χ4n) is 6.21. The molecule has 0 saturated heterocycles. The van der Waals surface area contributed by atoms with Crippen LogP contribution in [0.15, 0.2) is 0 Å². The smallest absolute Gasteiger partial charge is 0.305 e. The van der Waals surface area contributed by atoms with Gasteiger partial charge in [-0.25, -0.2) is 0 Å². The number of hydrogen-bond donors (Lipinski definition) is 1. The van der Waals surface area contributed by atoms with Gasteiger partial charge in [-0.2, -0.15) is 0 Å². The number of ketones is 1. The first-order chi connectivity index (χ1) is 22.2. The van der Waals surface area contributed by atoms with E-state index in [2.05, 4.69) is 30.8 Å². The van der Waals surface area contributed by atoms with Crippen LogP contribution in [0, 0.1) is 16.7 Å². The molecule has 0 spiro atoms. The van der Waals surface area contributed by atoms with Gasteiger partial charge >= 0.3 is 11.9 Å². The lowest BCUT2D eigenvalue weighted by atomic mass is 9.60. The third-order valence-corrected chi connectivity index (χ3v) is 7.97. The second-order valence-electron chi connectivity index (χ2n) is 13.7. The number of rotatable bonds is 22. The Bertz CT molecular complexity index is 829. The molecule has 1 rings (SSSR count). The van der Waals surface area contributed by atoms with E-state index >= 15 is 0 Å². The molecule has 1 N–H and O–H groups in total. The number of carbonyl (C=O) groups excluding carboxylic acids is 4. The van der Waals surface area contributed by atoms with E-state index in [0.717, 1.165) is 71.1 Å². The zero-order valence-corrected chi connectivity index (χ0v) is 31.5. The number of esters is 2. The Morgan fingerprint density at radius 2 is 1.30 bits per heavy atom. The Morgan fingerprint density at radius 3 is 1.79 bits per heavy atom. The topological polar surface area (TPSA) is 136 Å². The van der Waals surface area contributed by atoms with Crippen LogP contribution in [-0.4, -0.2) is 98.3 Å². The Labute approximate surface area is 285 Å². The largest absolute Gasteiger partial charge is 0.469 e. The van der Waals surface area contributed by atoms with Crippen LogP contribution in [0.2, 0.25) is 0 Å². The number of hydrogen-bond acceptors (Lipinski definition) is 10. The molecule has 11 nitrogen and oxygen atoms in total. The average Bonchev–Trinajstić information content (AvgIpc) is 2.99. The molecular weight excluding hydrogens is 606 g/mol. The van der Waals surface area contributed by atoms with Gasteiger partial charge in [0.1, 0.15) is 5.78 Å². The van der Waals surface area contributed by atoms with Gasteiger partial charge in [-0.15, -0.1) is 0 Å². The van der Waals surface area contributed by atoms with Crippen LogP contribution in [0.5, 0.6) is 0 Å². The average molecular weight is 676 g/mol. The van der Waals surface area contributed by atoms with Gasteiger partial charge in [0.25, 0.3) is 0 Å². The summed E-state index contributed by atoms with van der Waals surface area (Å²) in [5.41, 5.74) is 0.374. The van der Waals surface area contributed by atoms with E-state index < -0.39 is 0 Å². The molecule has 11 heteroatoms. The maximum Gasteiger partial charge on any atom is 0.305 e. The summed E-state index contributed by atoms with van der Waals surface area (Å²) in [6.45, 7) is 13.5. The molecule has 1 saturated carbocycles. The van der Waals surface area contributed by atoms with Crippen molar-refractivity contribution < 1.29 is 47.6 Å². The van der Waals surface area contributed by atoms with Crippen molar-refractivity contribution in [3.63, 3.8) is 0 Å². The summed E-state index contributed by atoms with van der Waals surface area (Å²) in [6, 6.07) is 0. The third kappa shape index (κ3) is 29.8. The van der Waals surface area contributed by atoms with E-state index in [1.54, 1.807) is 42.3 Å². The van der Waals surface area contributed by atoms with E-state index in [9.17, 15) is 19.2 Å². The molecule has 3 atom stereocenters. The predicted octanol–water partition coefficient (Wildman–Crippen LogP) is 6.09. The number of nitrogens with one attached hydrogen (secondary N) is 1. The molecule has 0 bridgehead atoms. The van der Waals surface area contributed by atoms with Crippen LogP contribution in [0.1, 0.15) is 118 Å². The van der Waals surface area contributed by atoms with Crippen LogP contribution < -0.4 is 5.32 Å². The van der Waals surface area contributed by atoms with Gasteiger partial charge in [0.05, 0.1) is 19.8 Å². The molecule has 0 aliphatic heterocycles. The number of unbranched alkanes of at least 4 members (excludes halogenated alkanes) is 2. The second kappa shape index (κ2) is 28.9. The SMILES string of the molecule is CC(=O)CC1CC(C)(C)CC(C)(CNC(C)=O)C1.COCCC(CCCOC(=O)CCCCC(=O)OC)OC.COCCCCOC. The van der Waals surface area contributed by atoms with Crippen LogP contribution in [-0.2, 0) is 47.6 Å². The number of ether oxygens (including phenoxy) is 6. The highest BCUT2D eigenvalue weighted by atomic mass is 16.5. The maximum atomic E-state index is 11.5. The zero-order valence-electron chi connectivity index (χ0n) is 31.5. The van der Waals surface area contributed by atoms with Gasteiger partial charge in [-0.05, 0) is 87.9 Å². The molecular formula is C36H69NO10. The highest BCUT2D eigenvalue weighted by Gasteiger charge is 2.41. The lowest BCUT2D eigenvalue weighted by Gasteiger charge is -2.46. The summed E-state index contributed by atoms with van der Waals surface area (Å²) in [6.07, 6.45) is 10.7. The quantitative estimate of drug-likeness (QED) is 0.106. The van der Waals surface area contributed by atoms with E-state index in [1.807, 2.05) is 0 Å². The summed E-state index contributed by atoms with van der Waals surface area (Å²) >= 11 is 0. The predicted molar refractivity (Wildman–Crippen MR) is 184 cm³/mol. The zero-order chi connectivity index (χ0) is 36.1. The Balaban J connectivity index is 0. The van der Waals surface area contributed by atoms with Crippen molar-refractivity contribution in [2.45, 2.75) is 124 Å². The lowest BCUT2D eigenvalue weighted by molar-refractivity contribution is -0.145. The lowest BCUT2D eigenvalue weighted by Crippen LogP contribution is -2.43. The van der Waals surface area contributed by atoms with Crippen LogP contribution in [0.25, 0.3) is 0 Å². The monoisotopic (exact) mass is 675 g/mol. The fraction of sp³-hybridized carbons (Fsp3) is 0.889. The molecule has 278 valence electrons. The van der Waals surface area contributed by atoms with Crippen LogP contribution in [0.4, 0.5) is 0 Å². The molecule has 47 heavy (non-hydrogen) atoms. The fourth-order valence-corrected chi connectivity index (χ4v) is 6.21. The number of Topliss-reactive ketones (excluding diaryl/α,β-unsaturated/α-hetero) is 1. The van der Waals surface area contributed by atoms with Crippen molar-refractivity contribution in [3.8, 4) is 0 Å². The van der Waals surface area contributed by atoms with Gasteiger partial charge < -0.3 is 38.5 Å². The maximum absolute atomic E-state index is 11.5. The van der Waals surface area contributed by atoms with Crippen molar-refractivity contribution >= 4 is 23.6 Å². The number of methoxy groups -OCH3 is 5. The van der Waals surface area contributed by atoms with E-state index in [0.29, 0.717) is 51.2 Å². The second-order valence-corrected chi connectivity index (χ2v) is 13.7. The summed E-state index contributed by atoms with van der Waals surface area (Å²) in [7, 11) is 8.12. The minimum atomic E-state index is -0.245. The Kier molecular flexibility index (Phi) is 28.9. The minimum absolute atomic E-state index is 0.0303. The van der Waals surface area contributed by atoms with Gasteiger partial charge in [0.15, 0.2) is 0 Å². The van der Waals surface area contributed by atoms with Gasteiger partial charge in [-0.1, -0.05) is 20.8 Å². The summed E-state index contributed by atoms with van der Waals surface area (Å²) < 4.78 is 29.6. The molecule has 1 aliphatic rings. The van der Waals surface area contributed by atoms with Crippen molar-refractivity contribution in [1.29, 1.82) is 0 Å². The van der Waals surface area contributed by atoms with E-state index in [-0.39, 0.29) is 40.6 Å². The van der Waals surface area contributed by atoms with E-state index in [1.165, 1.54) is 7.11 Å². The highest BCUT2D eigenvalue weighted by molar-refractivity contribution is 5.75. The first-order valence-electron chi connectivity index (χ1n) is 17.1. The minimum Gasteiger partial charge on any atom is -0.469 e. The number of carbonyl (C=O) groups is 4. The van der Waals surface area contributed by atoms with Crippen molar-refractivity contribution in [1.82, 2.24) is 5.32 Å². The van der Waals surface area contributed by atoms with Crippen molar-refractivity contribution in [3.05, 3.63) is 0 Å². The van der Waals surface area contributed by atoms with Crippen LogP contribution >= 0.6 is 0 Å². The van der Waals surface area contributed by atoms with Crippen molar-refractivity contribution in [2.75, 3.05) is 68.5 Å². The third-order valence-electron chi connectivity index (χ3n) is 7.97. The van der Waals surface area contributed by atoms with E-state index in [4.69, 9.17) is 23.7 Å². The summed E-state index contributed by atoms with van der Waals surface area (Å²) in [4.78, 5) is 44.7. The molecule has 1 fully saturated rings. The molecule has 0 radical (unpaired) electrons. The van der Waals surface area contributed by atoms with Gasteiger partial charge in [-0.3, -0.25) is 14.4 Å². The molecule has 1 aliphatic carbocycles.